The molecule has 0 aliphatic carbocycles. The van der Waals surface area contributed by atoms with E-state index in [1.54, 1.807) is 25.5 Å². The van der Waals surface area contributed by atoms with Gasteiger partial charge in [-0.1, -0.05) is 30.3 Å². The van der Waals surface area contributed by atoms with Gasteiger partial charge in [-0.25, -0.2) is 0 Å². The van der Waals surface area contributed by atoms with Gasteiger partial charge < -0.3 is 14.3 Å². The van der Waals surface area contributed by atoms with Crippen LogP contribution in [0.15, 0.2) is 82.2 Å². The molecule has 0 spiro atoms. The number of phenolic OH excluding ortho intramolecular Hbond substituents is 1. The number of furan rings is 1. The lowest BCUT2D eigenvalue weighted by molar-refractivity contribution is 0.415. The highest BCUT2D eigenvalue weighted by Crippen LogP contribution is 2.34. The Morgan fingerprint density at radius 3 is 2.46 bits per heavy atom. The fraction of sp³-hybridized carbons (Fsp3) is 0.0455. The Morgan fingerprint density at radius 1 is 0.962 bits per heavy atom. The van der Waals surface area contributed by atoms with Crippen LogP contribution in [0.5, 0.6) is 11.5 Å². The van der Waals surface area contributed by atoms with Crippen LogP contribution in [-0.2, 0) is 0 Å². The van der Waals surface area contributed by atoms with Gasteiger partial charge in [-0.05, 0) is 36.4 Å². The molecular formula is C22H17NO3. The van der Waals surface area contributed by atoms with Gasteiger partial charge >= 0.3 is 0 Å². The molecule has 0 aliphatic rings. The highest BCUT2D eigenvalue weighted by Gasteiger charge is 2.14. The zero-order valence-corrected chi connectivity index (χ0v) is 14.2. The van der Waals surface area contributed by atoms with E-state index in [1.807, 2.05) is 60.7 Å². The molecule has 4 aromatic rings. The van der Waals surface area contributed by atoms with E-state index in [-0.39, 0.29) is 5.75 Å². The van der Waals surface area contributed by atoms with Crippen molar-refractivity contribution in [1.82, 2.24) is 0 Å². The lowest BCUT2D eigenvalue weighted by Crippen LogP contribution is -1.84. The molecule has 0 saturated carbocycles. The van der Waals surface area contributed by atoms with Gasteiger partial charge in [0, 0.05) is 28.8 Å². The number of ether oxygens (including phenoxy) is 1. The molecule has 0 amide bonds. The molecule has 0 saturated heterocycles. The van der Waals surface area contributed by atoms with E-state index in [0.29, 0.717) is 5.58 Å². The second kappa shape index (κ2) is 6.76. The number of hydrogen-bond acceptors (Lipinski definition) is 4. The van der Waals surface area contributed by atoms with Crippen molar-refractivity contribution in [1.29, 1.82) is 0 Å². The van der Waals surface area contributed by atoms with E-state index in [0.717, 1.165) is 33.7 Å². The van der Waals surface area contributed by atoms with E-state index in [4.69, 9.17) is 9.15 Å². The summed E-state index contributed by atoms with van der Waals surface area (Å²) in [5.41, 5.74) is 3.28. The Bertz CT molecular complexity index is 1060. The number of aromatic hydroxyl groups is 1. The zero-order valence-electron chi connectivity index (χ0n) is 14.2. The quantitative estimate of drug-likeness (QED) is 0.493. The molecule has 4 heteroatoms. The summed E-state index contributed by atoms with van der Waals surface area (Å²) in [5.74, 6) is 1.69. The van der Waals surface area contributed by atoms with Gasteiger partial charge in [-0.2, -0.15) is 0 Å². The van der Waals surface area contributed by atoms with Crippen molar-refractivity contribution in [3.63, 3.8) is 0 Å². The summed E-state index contributed by atoms with van der Waals surface area (Å²) < 4.78 is 11.2. The fourth-order valence-electron chi connectivity index (χ4n) is 2.84. The number of rotatable bonds is 4. The average molecular weight is 343 g/mol. The van der Waals surface area contributed by atoms with Gasteiger partial charge in [0.15, 0.2) is 0 Å². The first-order chi connectivity index (χ1) is 12.7. The van der Waals surface area contributed by atoms with E-state index in [2.05, 4.69) is 4.99 Å². The molecule has 0 radical (unpaired) electrons. The molecule has 0 unspecified atom stereocenters. The topological polar surface area (TPSA) is 55.0 Å². The lowest BCUT2D eigenvalue weighted by atomic mass is 10.1. The smallest absolute Gasteiger partial charge is 0.144 e. The van der Waals surface area contributed by atoms with Crippen LogP contribution in [0.1, 0.15) is 5.56 Å². The molecule has 4 nitrogen and oxygen atoms in total. The molecule has 128 valence electrons. The summed E-state index contributed by atoms with van der Waals surface area (Å²) in [4.78, 5) is 4.58. The van der Waals surface area contributed by atoms with Crippen molar-refractivity contribution >= 4 is 22.9 Å². The summed E-state index contributed by atoms with van der Waals surface area (Å²) >= 11 is 0. The van der Waals surface area contributed by atoms with Crippen LogP contribution in [0.2, 0.25) is 0 Å². The second-order valence-electron chi connectivity index (χ2n) is 5.85. The average Bonchev–Trinajstić information content (AvgIpc) is 3.05. The third-order valence-electron chi connectivity index (χ3n) is 4.16. The normalized spacial score (nSPS) is 11.3. The molecule has 1 heterocycles. The lowest BCUT2D eigenvalue weighted by Gasteiger charge is -2.00. The van der Waals surface area contributed by atoms with E-state index < -0.39 is 0 Å². The number of hydrogen-bond donors (Lipinski definition) is 1. The van der Waals surface area contributed by atoms with Crippen molar-refractivity contribution in [2.45, 2.75) is 0 Å². The largest absolute Gasteiger partial charge is 0.508 e. The van der Waals surface area contributed by atoms with Gasteiger partial charge in [-0.15, -0.1) is 0 Å². The minimum atomic E-state index is 0.171. The van der Waals surface area contributed by atoms with Crippen molar-refractivity contribution in [2.75, 3.05) is 7.11 Å². The first kappa shape index (κ1) is 16.0. The van der Waals surface area contributed by atoms with Gasteiger partial charge in [0.05, 0.1) is 12.8 Å². The Kier molecular flexibility index (Phi) is 4.15. The molecule has 3 aromatic carbocycles. The molecule has 26 heavy (non-hydrogen) atoms. The Labute approximate surface area is 151 Å². The first-order valence-corrected chi connectivity index (χ1v) is 8.23. The van der Waals surface area contributed by atoms with Crippen LogP contribution in [-0.4, -0.2) is 18.4 Å². The van der Waals surface area contributed by atoms with Gasteiger partial charge in [0.25, 0.3) is 0 Å². The Hall–Kier alpha value is -3.53. The molecule has 0 fully saturated rings. The molecule has 4 rings (SSSR count). The maximum atomic E-state index is 9.75. The summed E-state index contributed by atoms with van der Waals surface area (Å²) in [7, 11) is 1.64. The second-order valence-corrected chi connectivity index (χ2v) is 5.85. The van der Waals surface area contributed by atoms with Crippen molar-refractivity contribution in [3.8, 4) is 22.8 Å². The third kappa shape index (κ3) is 3.05. The van der Waals surface area contributed by atoms with Crippen LogP contribution in [0.25, 0.3) is 22.3 Å². The van der Waals surface area contributed by atoms with Crippen LogP contribution >= 0.6 is 0 Å². The number of methoxy groups -OCH3 is 1. The molecular weight excluding hydrogens is 326 g/mol. The number of nitrogens with zero attached hydrogens (tertiary/aromatic N) is 1. The van der Waals surface area contributed by atoms with E-state index in [1.165, 1.54) is 0 Å². The predicted octanol–water partition coefficient (Wildman–Crippen LogP) is 5.56. The molecule has 0 aliphatic heterocycles. The van der Waals surface area contributed by atoms with Gasteiger partial charge in [0.2, 0.25) is 0 Å². The highest BCUT2D eigenvalue weighted by atomic mass is 16.5. The van der Waals surface area contributed by atoms with Crippen molar-refractivity contribution in [3.05, 3.63) is 78.4 Å². The predicted molar refractivity (Wildman–Crippen MR) is 104 cm³/mol. The number of benzene rings is 3. The number of fused-ring (bicyclic) bond motifs is 1. The molecule has 0 atom stereocenters. The first-order valence-electron chi connectivity index (χ1n) is 8.23. The van der Waals surface area contributed by atoms with Crippen molar-refractivity contribution < 1.29 is 14.3 Å². The van der Waals surface area contributed by atoms with Gasteiger partial charge in [-0.3, -0.25) is 4.99 Å². The fourth-order valence-corrected chi connectivity index (χ4v) is 2.84. The molecule has 1 N–H and O–H groups in total. The number of aliphatic imine (C=N–C) groups is 1. The summed E-state index contributed by atoms with van der Waals surface area (Å²) in [6.45, 7) is 0. The SMILES string of the molecule is COc1ccc(N=Cc2c(-c3ccccc3)oc3cc(O)ccc23)cc1. The Balaban J connectivity index is 1.82. The maximum absolute atomic E-state index is 9.75. The molecule has 0 bridgehead atoms. The van der Waals surface area contributed by atoms with E-state index in [9.17, 15) is 5.11 Å². The van der Waals surface area contributed by atoms with Crippen LogP contribution in [0.3, 0.4) is 0 Å². The van der Waals surface area contributed by atoms with Gasteiger partial charge in [0.1, 0.15) is 22.8 Å². The summed E-state index contributed by atoms with van der Waals surface area (Å²) in [6, 6.07) is 22.5. The van der Waals surface area contributed by atoms with Crippen LogP contribution in [0.4, 0.5) is 5.69 Å². The molecule has 1 aromatic heterocycles. The van der Waals surface area contributed by atoms with E-state index >= 15 is 0 Å². The maximum Gasteiger partial charge on any atom is 0.144 e. The highest BCUT2D eigenvalue weighted by molar-refractivity contribution is 6.05. The monoisotopic (exact) mass is 343 g/mol. The van der Waals surface area contributed by atoms with Crippen LogP contribution in [0, 0.1) is 0 Å². The summed E-state index contributed by atoms with van der Waals surface area (Å²) in [6.07, 6.45) is 1.80. The minimum Gasteiger partial charge on any atom is -0.508 e. The van der Waals surface area contributed by atoms with Crippen LogP contribution < -0.4 is 4.74 Å². The zero-order chi connectivity index (χ0) is 17.9. The Morgan fingerprint density at radius 2 is 1.73 bits per heavy atom. The number of phenols is 1. The minimum absolute atomic E-state index is 0.171. The summed E-state index contributed by atoms with van der Waals surface area (Å²) in [5, 5.41) is 10.7. The third-order valence-corrected chi connectivity index (χ3v) is 4.16. The van der Waals surface area contributed by atoms with Crippen molar-refractivity contribution in [2.24, 2.45) is 4.99 Å². The standard InChI is InChI=1S/C22H17NO3/c1-25-18-10-7-16(8-11-18)23-14-20-19-12-9-17(24)13-21(19)26-22(20)15-5-3-2-4-6-15/h2-14,24H,1H3.